The largest absolute Gasteiger partial charge is 0.490 e. The van der Waals surface area contributed by atoms with Crippen molar-refractivity contribution in [1.29, 1.82) is 0 Å². The van der Waals surface area contributed by atoms with Gasteiger partial charge < -0.3 is 24.2 Å². The normalized spacial score (nSPS) is 10.3. The van der Waals surface area contributed by atoms with Crippen LogP contribution in [0.5, 0.6) is 5.75 Å². The SMILES string of the molecule is CCOC(=O)CCN(CCOCCO)C(=O)c1ccc(OC)c([N+](=O)[O-])c1. The molecule has 0 heterocycles. The number of amides is 1. The van der Waals surface area contributed by atoms with Gasteiger partial charge in [-0.2, -0.15) is 0 Å². The Morgan fingerprint density at radius 1 is 1.26 bits per heavy atom. The number of ether oxygens (including phenoxy) is 3. The monoisotopic (exact) mass is 384 g/mol. The molecule has 150 valence electrons. The van der Waals surface area contributed by atoms with Crippen LogP contribution in [0.4, 0.5) is 5.69 Å². The molecule has 1 amide bonds. The first-order valence-electron chi connectivity index (χ1n) is 8.40. The van der Waals surface area contributed by atoms with Crippen molar-refractivity contribution in [3.63, 3.8) is 0 Å². The Labute approximate surface area is 156 Å². The van der Waals surface area contributed by atoms with Gasteiger partial charge in [0, 0.05) is 24.7 Å². The summed E-state index contributed by atoms with van der Waals surface area (Å²) in [6.45, 7) is 2.25. The summed E-state index contributed by atoms with van der Waals surface area (Å²) in [6.07, 6.45) is -0.0160. The lowest BCUT2D eigenvalue weighted by Crippen LogP contribution is -2.36. The summed E-state index contributed by atoms with van der Waals surface area (Å²) in [6, 6.07) is 3.89. The summed E-state index contributed by atoms with van der Waals surface area (Å²) in [7, 11) is 1.30. The summed E-state index contributed by atoms with van der Waals surface area (Å²) in [5.41, 5.74) is -0.237. The molecule has 27 heavy (non-hydrogen) atoms. The number of nitrogens with zero attached hydrogens (tertiary/aromatic N) is 2. The number of hydrogen-bond donors (Lipinski definition) is 1. The minimum atomic E-state index is -0.636. The number of carbonyl (C=O) groups is 2. The molecule has 0 radical (unpaired) electrons. The van der Waals surface area contributed by atoms with Gasteiger partial charge in [-0.1, -0.05) is 0 Å². The Bertz CT molecular complexity index is 650. The fourth-order valence-electron chi connectivity index (χ4n) is 2.26. The molecule has 0 bridgehead atoms. The van der Waals surface area contributed by atoms with Crippen LogP contribution >= 0.6 is 0 Å². The molecular formula is C17H24N2O8. The first-order valence-corrected chi connectivity index (χ1v) is 8.40. The summed E-state index contributed by atoms with van der Waals surface area (Å²) < 4.78 is 14.9. The van der Waals surface area contributed by atoms with Crippen LogP contribution < -0.4 is 4.74 Å². The predicted octanol–water partition coefficient (Wildman–Crippen LogP) is 1.01. The molecule has 0 aromatic heterocycles. The van der Waals surface area contributed by atoms with Gasteiger partial charge in [0.15, 0.2) is 5.75 Å². The van der Waals surface area contributed by atoms with Crippen molar-refractivity contribution < 1.29 is 33.8 Å². The van der Waals surface area contributed by atoms with E-state index in [0.29, 0.717) is 0 Å². The van der Waals surface area contributed by atoms with E-state index >= 15 is 0 Å². The van der Waals surface area contributed by atoms with Gasteiger partial charge in [-0.05, 0) is 19.1 Å². The highest BCUT2D eigenvalue weighted by atomic mass is 16.6. The maximum atomic E-state index is 12.8. The summed E-state index contributed by atoms with van der Waals surface area (Å²) >= 11 is 0. The second kappa shape index (κ2) is 11.8. The number of esters is 1. The molecule has 10 nitrogen and oxygen atoms in total. The van der Waals surface area contributed by atoms with E-state index in [9.17, 15) is 19.7 Å². The zero-order valence-corrected chi connectivity index (χ0v) is 15.4. The van der Waals surface area contributed by atoms with E-state index in [0.717, 1.165) is 6.07 Å². The van der Waals surface area contributed by atoms with Crippen molar-refractivity contribution >= 4 is 17.6 Å². The average Bonchev–Trinajstić information content (AvgIpc) is 2.66. The van der Waals surface area contributed by atoms with Crippen molar-refractivity contribution in [1.82, 2.24) is 4.90 Å². The van der Waals surface area contributed by atoms with Crippen LogP contribution in [0.1, 0.15) is 23.7 Å². The number of aliphatic hydroxyl groups is 1. The van der Waals surface area contributed by atoms with Gasteiger partial charge >= 0.3 is 11.7 Å². The van der Waals surface area contributed by atoms with E-state index in [4.69, 9.17) is 19.3 Å². The quantitative estimate of drug-likeness (QED) is 0.245. The molecule has 0 atom stereocenters. The summed E-state index contributed by atoms with van der Waals surface area (Å²) in [4.78, 5) is 36.2. The van der Waals surface area contributed by atoms with Gasteiger partial charge in [-0.25, -0.2) is 0 Å². The van der Waals surface area contributed by atoms with E-state index in [1.54, 1.807) is 6.92 Å². The van der Waals surface area contributed by atoms with Crippen LogP contribution in [0.15, 0.2) is 18.2 Å². The lowest BCUT2D eigenvalue weighted by molar-refractivity contribution is -0.385. The first kappa shape index (κ1) is 22.3. The minimum Gasteiger partial charge on any atom is -0.490 e. The molecule has 1 N–H and O–H groups in total. The zero-order valence-electron chi connectivity index (χ0n) is 15.4. The van der Waals surface area contributed by atoms with E-state index in [1.807, 2.05) is 0 Å². The molecule has 0 aliphatic heterocycles. The number of benzene rings is 1. The molecule has 10 heteroatoms. The standard InChI is InChI=1S/C17H24N2O8/c1-3-27-16(21)6-7-18(8-10-26-11-9-20)17(22)13-4-5-15(25-2)14(12-13)19(23)24/h4-5,12,20H,3,6-11H2,1-2H3. The zero-order chi connectivity index (χ0) is 20.2. The average molecular weight is 384 g/mol. The number of nitro groups is 1. The van der Waals surface area contributed by atoms with Gasteiger partial charge in [0.2, 0.25) is 0 Å². The lowest BCUT2D eigenvalue weighted by atomic mass is 10.1. The fourth-order valence-corrected chi connectivity index (χ4v) is 2.26. The Hall–Kier alpha value is -2.72. The lowest BCUT2D eigenvalue weighted by Gasteiger charge is -2.22. The number of rotatable bonds is 12. The molecule has 0 unspecified atom stereocenters. The van der Waals surface area contributed by atoms with Crippen molar-refractivity contribution in [2.45, 2.75) is 13.3 Å². The molecule has 0 saturated heterocycles. The predicted molar refractivity (Wildman–Crippen MR) is 94.7 cm³/mol. The Morgan fingerprint density at radius 3 is 2.59 bits per heavy atom. The third-order valence-corrected chi connectivity index (χ3v) is 3.54. The molecule has 0 fully saturated rings. The van der Waals surface area contributed by atoms with E-state index in [-0.39, 0.29) is 62.9 Å². The Kier molecular flexibility index (Phi) is 9.76. The topological polar surface area (TPSA) is 128 Å². The summed E-state index contributed by atoms with van der Waals surface area (Å²) in [5, 5.41) is 19.9. The van der Waals surface area contributed by atoms with Gasteiger partial charge in [0.1, 0.15) is 0 Å². The Balaban J connectivity index is 2.94. The number of nitro benzene ring substituents is 1. The highest BCUT2D eigenvalue weighted by molar-refractivity contribution is 5.95. The molecule has 0 aliphatic rings. The van der Waals surface area contributed by atoms with Gasteiger partial charge in [0.25, 0.3) is 5.91 Å². The third-order valence-electron chi connectivity index (χ3n) is 3.54. The fraction of sp³-hybridized carbons (Fsp3) is 0.529. The van der Waals surface area contributed by atoms with E-state index < -0.39 is 16.8 Å². The number of methoxy groups -OCH3 is 1. The van der Waals surface area contributed by atoms with Crippen LogP contribution in [0.25, 0.3) is 0 Å². The van der Waals surface area contributed by atoms with Crippen molar-refractivity contribution in [2.24, 2.45) is 0 Å². The Morgan fingerprint density at radius 2 is 2.00 bits per heavy atom. The van der Waals surface area contributed by atoms with Crippen LogP contribution in [0.3, 0.4) is 0 Å². The maximum Gasteiger partial charge on any atom is 0.311 e. The molecule has 0 spiro atoms. The molecule has 1 aromatic carbocycles. The molecule has 0 aliphatic carbocycles. The number of aliphatic hydroxyl groups excluding tert-OH is 1. The second-order valence-corrected chi connectivity index (χ2v) is 5.33. The third kappa shape index (κ3) is 7.19. The highest BCUT2D eigenvalue weighted by Crippen LogP contribution is 2.28. The van der Waals surface area contributed by atoms with Gasteiger partial charge in [-0.3, -0.25) is 19.7 Å². The van der Waals surface area contributed by atoms with Gasteiger partial charge in [0.05, 0.1) is 44.9 Å². The molecule has 1 rings (SSSR count). The van der Waals surface area contributed by atoms with Crippen molar-refractivity contribution in [3.8, 4) is 5.75 Å². The highest BCUT2D eigenvalue weighted by Gasteiger charge is 2.22. The van der Waals surface area contributed by atoms with Crippen LogP contribution in [0, 0.1) is 10.1 Å². The van der Waals surface area contributed by atoms with E-state index in [1.165, 1.54) is 24.1 Å². The van der Waals surface area contributed by atoms with Crippen molar-refractivity contribution in [2.75, 3.05) is 46.6 Å². The minimum absolute atomic E-state index is 0.0160. The molecule has 0 saturated carbocycles. The van der Waals surface area contributed by atoms with Gasteiger partial charge in [-0.15, -0.1) is 0 Å². The molecule has 1 aromatic rings. The van der Waals surface area contributed by atoms with E-state index in [2.05, 4.69) is 0 Å². The first-order chi connectivity index (χ1) is 12.9. The van der Waals surface area contributed by atoms with Crippen LogP contribution in [-0.2, 0) is 14.3 Å². The maximum absolute atomic E-state index is 12.8. The van der Waals surface area contributed by atoms with Crippen LogP contribution in [0.2, 0.25) is 0 Å². The summed E-state index contributed by atoms with van der Waals surface area (Å²) in [5.74, 6) is -0.897. The molecular weight excluding hydrogens is 360 g/mol. The van der Waals surface area contributed by atoms with Crippen LogP contribution in [-0.4, -0.2) is 73.4 Å². The smallest absolute Gasteiger partial charge is 0.311 e. The second-order valence-electron chi connectivity index (χ2n) is 5.33. The van der Waals surface area contributed by atoms with Crippen molar-refractivity contribution in [3.05, 3.63) is 33.9 Å². The number of carbonyl (C=O) groups excluding carboxylic acids is 2. The number of hydrogen-bond acceptors (Lipinski definition) is 8.